The molecule has 0 saturated carbocycles. The van der Waals surface area contributed by atoms with Crippen molar-refractivity contribution in [3.05, 3.63) is 47.4 Å². The molecule has 3 rings (SSSR count). The Morgan fingerprint density at radius 3 is 3.05 bits per heavy atom. The summed E-state index contributed by atoms with van der Waals surface area (Å²) in [7, 11) is 0. The highest BCUT2D eigenvalue weighted by molar-refractivity contribution is 6.04. The van der Waals surface area contributed by atoms with Crippen LogP contribution in [0.15, 0.2) is 28.8 Å². The van der Waals surface area contributed by atoms with E-state index in [0.717, 1.165) is 12.2 Å². The number of benzene rings is 1. The first-order chi connectivity index (χ1) is 10.7. The number of imidazole rings is 1. The minimum absolute atomic E-state index is 0.203. The van der Waals surface area contributed by atoms with E-state index in [-0.39, 0.29) is 19.1 Å². The van der Waals surface area contributed by atoms with Crippen LogP contribution in [-0.2, 0) is 19.6 Å². The van der Waals surface area contributed by atoms with Crippen LogP contribution in [0.5, 0.6) is 0 Å². The predicted octanol–water partition coefficient (Wildman–Crippen LogP) is 1.54. The van der Waals surface area contributed by atoms with E-state index >= 15 is 0 Å². The summed E-state index contributed by atoms with van der Waals surface area (Å²) in [6.45, 7) is 1.98. The lowest BCUT2D eigenvalue weighted by Gasteiger charge is -2.03. The molecule has 1 amide bonds. The Balaban J connectivity index is 1.78. The number of aliphatic hydroxyl groups excluding tert-OH is 1. The Hall–Kier alpha value is -2.67. The maximum atomic E-state index is 12.3. The van der Waals surface area contributed by atoms with Crippen LogP contribution in [0, 0.1) is 0 Å². The number of hydrogen-bond acceptors (Lipinski definition) is 5. The second kappa shape index (κ2) is 5.98. The molecule has 0 aliphatic rings. The molecule has 7 heteroatoms. The van der Waals surface area contributed by atoms with Gasteiger partial charge in [0.2, 0.25) is 5.89 Å². The Bertz CT molecular complexity index is 806. The van der Waals surface area contributed by atoms with Crippen molar-refractivity contribution < 1.29 is 14.3 Å². The average molecular weight is 300 g/mol. The summed E-state index contributed by atoms with van der Waals surface area (Å²) in [5.74, 6) is 1.41. The third kappa shape index (κ3) is 2.71. The normalized spacial score (nSPS) is 11.0. The number of carbonyl (C=O) groups excluding carboxylic acids is 1. The average Bonchev–Trinajstić information content (AvgIpc) is 3.17. The van der Waals surface area contributed by atoms with Crippen LogP contribution in [0.1, 0.15) is 34.8 Å². The van der Waals surface area contributed by atoms with E-state index in [1.165, 1.54) is 0 Å². The minimum Gasteiger partial charge on any atom is -0.444 e. The van der Waals surface area contributed by atoms with E-state index in [0.29, 0.717) is 28.3 Å². The molecule has 7 nitrogen and oxygen atoms in total. The van der Waals surface area contributed by atoms with E-state index in [1.807, 2.05) is 6.92 Å². The molecule has 0 saturated heterocycles. The fraction of sp³-hybridized carbons (Fsp3) is 0.267. The number of hydrogen-bond donors (Lipinski definition) is 3. The molecule has 0 aliphatic carbocycles. The SMILES string of the molecule is CCc1cnc(CNC(=O)c2cccc3[nH]c(CO)nc23)o1. The number of rotatable bonds is 5. The standard InChI is InChI=1S/C15H16N4O3/c1-2-9-6-16-13(22-9)7-17-15(21)10-4-3-5-11-14(10)19-12(8-20)18-11/h3-6,20H,2,7-8H2,1H3,(H,17,21)(H,18,19). The highest BCUT2D eigenvalue weighted by Crippen LogP contribution is 2.16. The number of aromatic nitrogens is 3. The number of fused-ring (bicyclic) bond motifs is 1. The van der Waals surface area contributed by atoms with E-state index in [1.54, 1.807) is 24.4 Å². The highest BCUT2D eigenvalue weighted by atomic mass is 16.4. The first kappa shape index (κ1) is 14.3. The van der Waals surface area contributed by atoms with Gasteiger partial charge in [0.05, 0.1) is 23.8 Å². The van der Waals surface area contributed by atoms with Gasteiger partial charge in [0.15, 0.2) is 0 Å². The lowest BCUT2D eigenvalue weighted by Crippen LogP contribution is -2.23. The number of nitrogens with zero attached hydrogens (tertiary/aromatic N) is 2. The Kier molecular flexibility index (Phi) is 3.88. The van der Waals surface area contributed by atoms with Gasteiger partial charge in [-0.15, -0.1) is 0 Å². The van der Waals surface area contributed by atoms with Crippen LogP contribution in [-0.4, -0.2) is 26.0 Å². The molecule has 0 spiro atoms. The second-order valence-electron chi connectivity index (χ2n) is 4.80. The van der Waals surface area contributed by atoms with Crippen molar-refractivity contribution in [2.45, 2.75) is 26.5 Å². The Morgan fingerprint density at radius 1 is 1.45 bits per heavy atom. The number of aryl methyl sites for hydroxylation is 1. The van der Waals surface area contributed by atoms with Crippen LogP contribution < -0.4 is 5.32 Å². The zero-order valence-corrected chi connectivity index (χ0v) is 12.1. The Labute approximate surface area is 126 Å². The maximum Gasteiger partial charge on any atom is 0.253 e. The molecule has 3 aromatic rings. The van der Waals surface area contributed by atoms with E-state index in [4.69, 9.17) is 9.52 Å². The van der Waals surface area contributed by atoms with Crippen molar-refractivity contribution in [3.8, 4) is 0 Å². The monoisotopic (exact) mass is 300 g/mol. The molecular weight excluding hydrogens is 284 g/mol. The maximum absolute atomic E-state index is 12.3. The molecule has 0 aliphatic heterocycles. The summed E-state index contributed by atoms with van der Waals surface area (Å²) in [5, 5.41) is 11.9. The molecule has 0 radical (unpaired) electrons. The zero-order valence-electron chi connectivity index (χ0n) is 12.1. The van der Waals surface area contributed by atoms with Gasteiger partial charge in [-0.3, -0.25) is 4.79 Å². The number of H-pyrrole nitrogens is 1. The van der Waals surface area contributed by atoms with Gasteiger partial charge in [-0.1, -0.05) is 13.0 Å². The molecule has 22 heavy (non-hydrogen) atoms. The number of aliphatic hydroxyl groups is 1. The number of aromatic amines is 1. The summed E-state index contributed by atoms with van der Waals surface area (Å²) in [6.07, 6.45) is 2.42. The second-order valence-corrected chi connectivity index (χ2v) is 4.80. The first-order valence-electron chi connectivity index (χ1n) is 7.01. The lowest BCUT2D eigenvalue weighted by molar-refractivity contribution is 0.0948. The van der Waals surface area contributed by atoms with Gasteiger partial charge < -0.3 is 19.8 Å². The van der Waals surface area contributed by atoms with Gasteiger partial charge in [-0.05, 0) is 12.1 Å². The van der Waals surface area contributed by atoms with Crippen molar-refractivity contribution in [3.63, 3.8) is 0 Å². The van der Waals surface area contributed by atoms with Gasteiger partial charge in [0, 0.05) is 6.42 Å². The summed E-state index contributed by atoms with van der Waals surface area (Å²) in [5.41, 5.74) is 1.68. The van der Waals surface area contributed by atoms with Gasteiger partial charge in [-0.25, -0.2) is 9.97 Å². The summed E-state index contributed by atoms with van der Waals surface area (Å²) in [6, 6.07) is 5.25. The zero-order chi connectivity index (χ0) is 15.5. The van der Waals surface area contributed by atoms with Gasteiger partial charge in [0.1, 0.15) is 23.7 Å². The summed E-state index contributed by atoms with van der Waals surface area (Å²) in [4.78, 5) is 23.6. The van der Waals surface area contributed by atoms with Crippen molar-refractivity contribution in [2.24, 2.45) is 0 Å². The van der Waals surface area contributed by atoms with Crippen molar-refractivity contribution in [1.82, 2.24) is 20.3 Å². The summed E-state index contributed by atoms with van der Waals surface area (Å²) < 4.78 is 5.45. The third-order valence-corrected chi connectivity index (χ3v) is 3.31. The first-order valence-corrected chi connectivity index (χ1v) is 7.01. The number of amides is 1. The largest absolute Gasteiger partial charge is 0.444 e. The van der Waals surface area contributed by atoms with E-state index < -0.39 is 0 Å². The lowest BCUT2D eigenvalue weighted by atomic mass is 10.1. The van der Waals surface area contributed by atoms with Crippen molar-refractivity contribution >= 4 is 16.9 Å². The fourth-order valence-corrected chi connectivity index (χ4v) is 2.19. The van der Waals surface area contributed by atoms with Crippen LogP contribution in [0.4, 0.5) is 0 Å². The van der Waals surface area contributed by atoms with Crippen LogP contribution in [0.25, 0.3) is 11.0 Å². The molecule has 3 N–H and O–H groups in total. The molecule has 0 fully saturated rings. The fourth-order valence-electron chi connectivity index (χ4n) is 2.19. The van der Waals surface area contributed by atoms with Gasteiger partial charge in [0.25, 0.3) is 5.91 Å². The number of para-hydroxylation sites is 1. The number of nitrogens with one attached hydrogen (secondary N) is 2. The minimum atomic E-state index is -0.266. The van der Waals surface area contributed by atoms with Gasteiger partial charge >= 0.3 is 0 Å². The molecular formula is C15H16N4O3. The molecule has 0 bridgehead atoms. The number of oxazole rings is 1. The molecule has 0 atom stereocenters. The van der Waals surface area contributed by atoms with Crippen molar-refractivity contribution in [1.29, 1.82) is 0 Å². The molecule has 1 aromatic carbocycles. The summed E-state index contributed by atoms with van der Waals surface area (Å²) >= 11 is 0. The number of carbonyl (C=O) groups is 1. The smallest absolute Gasteiger partial charge is 0.253 e. The van der Waals surface area contributed by atoms with E-state index in [9.17, 15) is 4.79 Å². The van der Waals surface area contributed by atoms with Crippen LogP contribution in [0.2, 0.25) is 0 Å². The van der Waals surface area contributed by atoms with E-state index in [2.05, 4.69) is 20.3 Å². The molecule has 2 aromatic heterocycles. The topological polar surface area (TPSA) is 104 Å². The van der Waals surface area contributed by atoms with Crippen LogP contribution >= 0.6 is 0 Å². The molecule has 114 valence electrons. The van der Waals surface area contributed by atoms with Crippen molar-refractivity contribution in [2.75, 3.05) is 0 Å². The molecule has 2 heterocycles. The van der Waals surface area contributed by atoms with Crippen LogP contribution in [0.3, 0.4) is 0 Å². The highest BCUT2D eigenvalue weighted by Gasteiger charge is 2.14. The Morgan fingerprint density at radius 2 is 2.32 bits per heavy atom. The quantitative estimate of drug-likeness (QED) is 0.663. The third-order valence-electron chi connectivity index (χ3n) is 3.31. The predicted molar refractivity (Wildman–Crippen MR) is 79.1 cm³/mol. The van der Waals surface area contributed by atoms with Gasteiger partial charge in [-0.2, -0.15) is 0 Å². The molecule has 0 unspecified atom stereocenters.